The third-order valence-electron chi connectivity index (χ3n) is 4.25. The fraction of sp³-hybridized carbons (Fsp3) is 0.571. The summed E-state index contributed by atoms with van der Waals surface area (Å²) in [6, 6.07) is 0.112. The number of imidazole rings is 1. The van der Waals surface area contributed by atoms with Gasteiger partial charge >= 0.3 is 12.1 Å². The van der Waals surface area contributed by atoms with Gasteiger partial charge in [-0.15, -0.1) is 0 Å². The quantitative estimate of drug-likeness (QED) is 0.713. The zero-order chi connectivity index (χ0) is 18.0. The molecule has 0 unspecified atom stereocenters. The van der Waals surface area contributed by atoms with Crippen molar-refractivity contribution in [2.45, 2.75) is 37.9 Å². The molecule has 0 atom stereocenters. The summed E-state index contributed by atoms with van der Waals surface area (Å²) >= 11 is 5.89. The Balaban J connectivity index is 1.52. The van der Waals surface area contributed by atoms with Crippen LogP contribution >= 0.6 is 11.6 Å². The number of anilines is 1. The lowest BCUT2D eigenvalue weighted by atomic mass is 9.86. The second-order valence-corrected chi connectivity index (χ2v) is 6.35. The van der Waals surface area contributed by atoms with E-state index in [9.17, 15) is 18.0 Å². The number of carbonyl (C=O) groups excluding carboxylic acids is 1. The van der Waals surface area contributed by atoms with E-state index in [2.05, 4.69) is 25.3 Å². The van der Waals surface area contributed by atoms with E-state index in [4.69, 9.17) is 11.6 Å². The molecule has 3 N–H and O–H groups in total. The number of alkyl halides is 3. The Kier molecular flexibility index (Phi) is 4.98. The molecule has 1 saturated carbocycles. The van der Waals surface area contributed by atoms with Gasteiger partial charge in [-0.1, -0.05) is 0 Å². The van der Waals surface area contributed by atoms with Crippen LogP contribution in [0.3, 0.4) is 0 Å². The minimum absolute atomic E-state index is 0.0312. The van der Waals surface area contributed by atoms with E-state index in [-0.39, 0.29) is 23.8 Å². The molecular weight excluding hydrogens is 361 g/mol. The SMILES string of the molecule is O=C(NCC1CCC(Nc2nc(Cl)nc3[nH]cnc23)CC1)C(F)(F)F. The maximum atomic E-state index is 12.2. The number of aromatic nitrogens is 4. The number of fused-ring (bicyclic) bond motifs is 1. The topological polar surface area (TPSA) is 95.6 Å². The number of rotatable bonds is 4. The summed E-state index contributed by atoms with van der Waals surface area (Å²) in [5, 5.41) is 5.32. The molecule has 1 aliphatic rings. The van der Waals surface area contributed by atoms with Gasteiger partial charge in [-0.2, -0.15) is 23.1 Å². The molecule has 0 spiro atoms. The van der Waals surface area contributed by atoms with Gasteiger partial charge in [0, 0.05) is 12.6 Å². The summed E-state index contributed by atoms with van der Waals surface area (Å²) in [5.41, 5.74) is 1.12. The summed E-state index contributed by atoms with van der Waals surface area (Å²) in [5.74, 6) is -1.32. The molecular formula is C14H16ClF3N6O. The number of carbonyl (C=O) groups is 1. The molecule has 25 heavy (non-hydrogen) atoms. The largest absolute Gasteiger partial charge is 0.471 e. The van der Waals surface area contributed by atoms with Gasteiger partial charge in [0.2, 0.25) is 5.28 Å². The van der Waals surface area contributed by atoms with Crippen LogP contribution < -0.4 is 10.6 Å². The molecule has 0 bridgehead atoms. The van der Waals surface area contributed by atoms with Crippen LogP contribution in [0.4, 0.5) is 19.0 Å². The van der Waals surface area contributed by atoms with Gasteiger partial charge < -0.3 is 15.6 Å². The van der Waals surface area contributed by atoms with E-state index < -0.39 is 12.1 Å². The van der Waals surface area contributed by atoms with Crippen LogP contribution in [-0.4, -0.2) is 44.6 Å². The molecule has 136 valence electrons. The van der Waals surface area contributed by atoms with Gasteiger partial charge in [0.05, 0.1) is 6.33 Å². The van der Waals surface area contributed by atoms with Crippen molar-refractivity contribution in [3.63, 3.8) is 0 Å². The lowest BCUT2D eigenvalue weighted by Crippen LogP contribution is -2.40. The molecule has 0 saturated heterocycles. The smallest absolute Gasteiger partial charge is 0.365 e. The maximum absolute atomic E-state index is 12.2. The van der Waals surface area contributed by atoms with Crippen molar-refractivity contribution in [2.24, 2.45) is 5.92 Å². The van der Waals surface area contributed by atoms with Crippen LogP contribution in [0.5, 0.6) is 0 Å². The number of hydrogen-bond donors (Lipinski definition) is 3. The highest BCUT2D eigenvalue weighted by molar-refractivity contribution is 6.28. The monoisotopic (exact) mass is 376 g/mol. The molecule has 1 fully saturated rings. The first-order valence-corrected chi connectivity index (χ1v) is 8.19. The van der Waals surface area contributed by atoms with Crippen LogP contribution in [0.15, 0.2) is 6.33 Å². The number of H-pyrrole nitrogens is 1. The number of hydrogen-bond acceptors (Lipinski definition) is 5. The number of nitrogens with zero attached hydrogens (tertiary/aromatic N) is 3. The summed E-state index contributed by atoms with van der Waals surface area (Å²) in [6.07, 6.45) is -0.419. The van der Waals surface area contributed by atoms with Crippen LogP contribution in [-0.2, 0) is 4.79 Å². The lowest BCUT2D eigenvalue weighted by molar-refractivity contribution is -0.173. The first-order valence-electron chi connectivity index (χ1n) is 7.81. The first-order chi connectivity index (χ1) is 11.8. The van der Waals surface area contributed by atoms with Crippen molar-refractivity contribution in [2.75, 3.05) is 11.9 Å². The number of nitrogens with one attached hydrogen (secondary N) is 3. The van der Waals surface area contributed by atoms with Gasteiger partial charge in [-0.25, -0.2) is 4.98 Å². The fourth-order valence-electron chi connectivity index (χ4n) is 2.95. The lowest BCUT2D eigenvalue weighted by Gasteiger charge is -2.29. The predicted molar refractivity (Wildman–Crippen MR) is 85.1 cm³/mol. The summed E-state index contributed by atoms with van der Waals surface area (Å²) in [4.78, 5) is 26.1. The highest BCUT2D eigenvalue weighted by atomic mass is 35.5. The molecule has 2 aromatic heterocycles. The highest BCUT2D eigenvalue weighted by Crippen LogP contribution is 2.28. The molecule has 1 amide bonds. The van der Waals surface area contributed by atoms with Crippen molar-refractivity contribution in [3.8, 4) is 0 Å². The molecule has 2 heterocycles. The summed E-state index contributed by atoms with van der Waals surface area (Å²) < 4.78 is 36.6. The van der Waals surface area contributed by atoms with E-state index in [1.807, 2.05) is 5.32 Å². The van der Waals surface area contributed by atoms with Crippen LogP contribution in [0, 0.1) is 5.92 Å². The van der Waals surface area contributed by atoms with Crippen molar-refractivity contribution < 1.29 is 18.0 Å². The molecule has 0 aliphatic heterocycles. The molecule has 11 heteroatoms. The number of aromatic amines is 1. The van der Waals surface area contributed by atoms with Crippen molar-refractivity contribution in [1.29, 1.82) is 0 Å². The zero-order valence-corrected chi connectivity index (χ0v) is 13.8. The van der Waals surface area contributed by atoms with E-state index >= 15 is 0 Å². The van der Waals surface area contributed by atoms with Crippen molar-refractivity contribution >= 4 is 34.5 Å². The fourth-order valence-corrected chi connectivity index (χ4v) is 3.12. The third-order valence-corrected chi connectivity index (χ3v) is 4.42. The number of halogens is 4. The Hall–Kier alpha value is -2.10. The van der Waals surface area contributed by atoms with E-state index in [0.717, 1.165) is 12.8 Å². The standard InChI is InChI=1S/C14H16ClF3N6O/c15-13-23-10-9(20-6-21-10)11(24-13)22-8-3-1-7(2-4-8)5-19-12(25)14(16,17)18/h6-8H,1-5H2,(H,19,25)(H2,20,21,22,23,24). The van der Waals surface area contributed by atoms with E-state index in [0.29, 0.717) is 29.8 Å². The molecule has 0 radical (unpaired) electrons. The Morgan fingerprint density at radius 2 is 2.00 bits per heavy atom. The molecule has 7 nitrogen and oxygen atoms in total. The summed E-state index contributed by atoms with van der Waals surface area (Å²) in [6.45, 7) is 0.0357. The Morgan fingerprint density at radius 1 is 1.28 bits per heavy atom. The maximum Gasteiger partial charge on any atom is 0.471 e. The number of amides is 1. The van der Waals surface area contributed by atoms with E-state index in [1.165, 1.54) is 6.33 Å². The van der Waals surface area contributed by atoms with Crippen molar-refractivity contribution in [3.05, 3.63) is 11.6 Å². The van der Waals surface area contributed by atoms with Crippen LogP contribution in [0.2, 0.25) is 5.28 Å². The molecule has 2 aromatic rings. The third kappa shape index (κ3) is 4.30. The Bertz CT molecular complexity index is 757. The molecule has 3 rings (SSSR count). The minimum atomic E-state index is -4.83. The normalized spacial score (nSPS) is 21.3. The molecule has 1 aliphatic carbocycles. The van der Waals surface area contributed by atoms with Gasteiger partial charge in [0.1, 0.15) is 5.52 Å². The summed E-state index contributed by atoms with van der Waals surface area (Å²) in [7, 11) is 0. The average molecular weight is 377 g/mol. The molecule has 0 aromatic carbocycles. The van der Waals surface area contributed by atoms with Crippen LogP contribution in [0.1, 0.15) is 25.7 Å². The minimum Gasteiger partial charge on any atom is -0.365 e. The Labute approximate surface area is 145 Å². The zero-order valence-electron chi connectivity index (χ0n) is 13.0. The second kappa shape index (κ2) is 7.03. The van der Waals surface area contributed by atoms with Gasteiger partial charge in [0.15, 0.2) is 11.5 Å². The van der Waals surface area contributed by atoms with Gasteiger partial charge in [-0.3, -0.25) is 4.79 Å². The van der Waals surface area contributed by atoms with Crippen molar-refractivity contribution in [1.82, 2.24) is 25.3 Å². The predicted octanol–water partition coefficient (Wildman–Crippen LogP) is 2.66. The Morgan fingerprint density at radius 3 is 2.68 bits per heavy atom. The van der Waals surface area contributed by atoms with Crippen LogP contribution in [0.25, 0.3) is 11.2 Å². The highest BCUT2D eigenvalue weighted by Gasteiger charge is 2.38. The average Bonchev–Trinajstić information content (AvgIpc) is 3.01. The van der Waals surface area contributed by atoms with E-state index in [1.54, 1.807) is 0 Å². The van der Waals surface area contributed by atoms with Gasteiger partial charge in [0.25, 0.3) is 0 Å². The second-order valence-electron chi connectivity index (χ2n) is 6.01. The van der Waals surface area contributed by atoms with Gasteiger partial charge in [-0.05, 0) is 43.2 Å². The first kappa shape index (κ1) is 17.7.